The van der Waals surface area contributed by atoms with Gasteiger partial charge in [-0.3, -0.25) is 0 Å². The fourth-order valence-electron chi connectivity index (χ4n) is 1.87. The Balaban J connectivity index is 1.89. The Bertz CT molecular complexity index is 615. The van der Waals surface area contributed by atoms with Crippen LogP contribution in [0.4, 0.5) is 10.5 Å². The molecule has 0 unspecified atom stereocenters. The van der Waals surface area contributed by atoms with Gasteiger partial charge in [-0.2, -0.15) is 0 Å². The van der Waals surface area contributed by atoms with Crippen molar-refractivity contribution in [2.45, 2.75) is 13.0 Å². The molecule has 6 heteroatoms. The summed E-state index contributed by atoms with van der Waals surface area (Å²) in [6, 6.07) is 11.1. The lowest BCUT2D eigenvalue weighted by Gasteiger charge is -2.15. The number of hydrogen-bond acceptors (Lipinski definition) is 3. The van der Waals surface area contributed by atoms with Crippen LogP contribution in [0.3, 0.4) is 0 Å². The summed E-state index contributed by atoms with van der Waals surface area (Å²) >= 11 is 7.36. The molecule has 1 aromatic carbocycles. The lowest BCUT2D eigenvalue weighted by atomic mass is 10.2. The van der Waals surface area contributed by atoms with Gasteiger partial charge in [-0.15, -0.1) is 11.3 Å². The average molecular weight is 325 g/mol. The summed E-state index contributed by atoms with van der Waals surface area (Å²) in [5.74, 6) is 0. The fraction of sp³-hybridized carbons (Fsp3) is 0.267. The SMILES string of the molecule is CO[C@H](CNC(=O)Nc1ccccc1C)c1ccc(Cl)s1. The van der Waals surface area contributed by atoms with Crippen LogP contribution in [0.15, 0.2) is 36.4 Å². The molecule has 1 heterocycles. The molecule has 2 aromatic rings. The monoisotopic (exact) mass is 324 g/mol. The van der Waals surface area contributed by atoms with E-state index in [0.717, 1.165) is 16.1 Å². The number of benzene rings is 1. The molecule has 0 saturated heterocycles. The molecule has 112 valence electrons. The third-order valence-corrected chi connectivity index (χ3v) is 4.36. The van der Waals surface area contributed by atoms with E-state index in [2.05, 4.69) is 10.6 Å². The van der Waals surface area contributed by atoms with Gasteiger partial charge in [-0.1, -0.05) is 29.8 Å². The Morgan fingerprint density at radius 2 is 2.10 bits per heavy atom. The number of halogens is 1. The average Bonchev–Trinajstić information content (AvgIpc) is 2.89. The number of rotatable bonds is 5. The maximum atomic E-state index is 11.9. The quantitative estimate of drug-likeness (QED) is 0.865. The first-order valence-electron chi connectivity index (χ1n) is 6.48. The van der Waals surface area contributed by atoms with E-state index in [9.17, 15) is 4.79 Å². The highest BCUT2D eigenvalue weighted by Crippen LogP contribution is 2.28. The van der Waals surface area contributed by atoms with E-state index < -0.39 is 0 Å². The van der Waals surface area contributed by atoms with Crippen molar-refractivity contribution in [2.75, 3.05) is 19.0 Å². The van der Waals surface area contributed by atoms with Crippen molar-refractivity contribution in [3.8, 4) is 0 Å². The highest BCUT2D eigenvalue weighted by molar-refractivity contribution is 7.16. The van der Waals surface area contributed by atoms with Crippen LogP contribution in [0.1, 0.15) is 16.5 Å². The first kappa shape index (κ1) is 15.8. The zero-order valence-electron chi connectivity index (χ0n) is 11.9. The standard InChI is InChI=1S/C15H17ClN2O2S/c1-10-5-3-4-6-11(10)18-15(19)17-9-12(20-2)13-7-8-14(16)21-13/h3-8,12H,9H2,1-2H3,(H2,17,18,19)/t12-/m1/s1. The summed E-state index contributed by atoms with van der Waals surface area (Å²) in [6.45, 7) is 2.33. The summed E-state index contributed by atoms with van der Waals surface area (Å²) in [5, 5.41) is 5.62. The largest absolute Gasteiger partial charge is 0.374 e. The maximum absolute atomic E-state index is 11.9. The van der Waals surface area contributed by atoms with Crippen molar-refractivity contribution in [3.63, 3.8) is 0 Å². The highest BCUT2D eigenvalue weighted by atomic mass is 35.5. The summed E-state index contributed by atoms with van der Waals surface area (Å²) in [6.07, 6.45) is -0.204. The smallest absolute Gasteiger partial charge is 0.319 e. The van der Waals surface area contributed by atoms with Gasteiger partial charge in [-0.25, -0.2) is 4.79 Å². The van der Waals surface area contributed by atoms with Crippen LogP contribution in [-0.4, -0.2) is 19.7 Å². The second kappa shape index (κ2) is 7.45. The third kappa shape index (κ3) is 4.46. The molecule has 0 aliphatic rings. The molecule has 0 saturated carbocycles. The van der Waals surface area contributed by atoms with Crippen LogP contribution >= 0.6 is 22.9 Å². The van der Waals surface area contributed by atoms with Crippen molar-refractivity contribution in [3.05, 3.63) is 51.2 Å². The van der Waals surface area contributed by atoms with E-state index in [1.165, 1.54) is 11.3 Å². The van der Waals surface area contributed by atoms with Crippen LogP contribution in [0.5, 0.6) is 0 Å². The van der Waals surface area contributed by atoms with Crippen molar-refractivity contribution in [1.82, 2.24) is 5.32 Å². The van der Waals surface area contributed by atoms with Crippen molar-refractivity contribution >= 4 is 34.7 Å². The van der Waals surface area contributed by atoms with E-state index in [1.54, 1.807) is 7.11 Å². The number of aryl methyl sites for hydroxylation is 1. The van der Waals surface area contributed by atoms with E-state index in [1.807, 2.05) is 43.3 Å². The van der Waals surface area contributed by atoms with Gasteiger partial charge in [0.1, 0.15) is 6.10 Å². The van der Waals surface area contributed by atoms with Crippen LogP contribution in [0.2, 0.25) is 4.34 Å². The Hall–Kier alpha value is -1.56. The summed E-state index contributed by atoms with van der Waals surface area (Å²) in [5.41, 5.74) is 1.81. The molecule has 0 radical (unpaired) electrons. The predicted molar refractivity (Wildman–Crippen MR) is 87.3 cm³/mol. The Kier molecular flexibility index (Phi) is 5.61. The number of methoxy groups -OCH3 is 1. The van der Waals surface area contributed by atoms with Crippen LogP contribution < -0.4 is 10.6 Å². The van der Waals surface area contributed by atoms with Crippen molar-refractivity contribution in [2.24, 2.45) is 0 Å². The molecule has 1 aromatic heterocycles. The number of carbonyl (C=O) groups is 1. The highest BCUT2D eigenvalue weighted by Gasteiger charge is 2.14. The molecular weight excluding hydrogens is 308 g/mol. The van der Waals surface area contributed by atoms with Gasteiger partial charge in [0, 0.05) is 17.7 Å². The fourth-order valence-corrected chi connectivity index (χ4v) is 3.01. The van der Waals surface area contributed by atoms with Gasteiger partial charge in [0.15, 0.2) is 0 Å². The van der Waals surface area contributed by atoms with Gasteiger partial charge in [0.2, 0.25) is 0 Å². The molecule has 0 bridgehead atoms. The topological polar surface area (TPSA) is 50.4 Å². The van der Waals surface area contributed by atoms with E-state index in [0.29, 0.717) is 10.9 Å². The molecule has 4 nitrogen and oxygen atoms in total. The van der Waals surface area contributed by atoms with Gasteiger partial charge >= 0.3 is 6.03 Å². The summed E-state index contributed by atoms with van der Waals surface area (Å²) < 4.78 is 6.09. The molecular formula is C15H17ClN2O2S. The number of urea groups is 1. The minimum Gasteiger partial charge on any atom is -0.374 e. The second-order valence-corrected chi connectivity index (χ2v) is 6.26. The zero-order valence-corrected chi connectivity index (χ0v) is 13.4. The molecule has 2 amide bonds. The Morgan fingerprint density at radius 3 is 2.71 bits per heavy atom. The zero-order chi connectivity index (χ0) is 15.2. The Morgan fingerprint density at radius 1 is 1.33 bits per heavy atom. The van der Waals surface area contributed by atoms with E-state index in [4.69, 9.17) is 16.3 Å². The molecule has 0 spiro atoms. The van der Waals surface area contributed by atoms with E-state index >= 15 is 0 Å². The number of para-hydroxylation sites is 1. The van der Waals surface area contributed by atoms with E-state index in [-0.39, 0.29) is 12.1 Å². The van der Waals surface area contributed by atoms with Crippen LogP contribution in [0, 0.1) is 6.92 Å². The van der Waals surface area contributed by atoms with Gasteiger partial charge in [0.05, 0.1) is 10.9 Å². The molecule has 0 aliphatic heterocycles. The minimum atomic E-state index is -0.256. The normalized spacial score (nSPS) is 12.0. The number of amides is 2. The van der Waals surface area contributed by atoms with Gasteiger partial charge in [0.25, 0.3) is 0 Å². The molecule has 1 atom stereocenters. The van der Waals surface area contributed by atoms with Crippen molar-refractivity contribution < 1.29 is 9.53 Å². The number of nitrogens with one attached hydrogen (secondary N) is 2. The summed E-state index contributed by atoms with van der Waals surface area (Å²) in [7, 11) is 1.61. The Labute approximate surface area is 133 Å². The number of hydrogen-bond donors (Lipinski definition) is 2. The second-order valence-electron chi connectivity index (χ2n) is 4.52. The molecule has 2 rings (SSSR count). The van der Waals surface area contributed by atoms with Gasteiger partial charge < -0.3 is 15.4 Å². The predicted octanol–water partition coefficient (Wildman–Crippen LogP) is 4.22. The molecule has 21 heavy (non-hydrogen) atoms. The molecule has 0 fully saturated rings. The van der Waals surface area contributed by atoms with Crippen molar-refractivity contribution in [1.29, 1.82) is 0 Å². The third-order valence-electron chi connectivity index (χ3n) is 3.04. The lowest BCUT2D eigenvalue weighted by molar-refractivity contribution is 0.107. The number of carbonyl (C=O) groups excluding carboxylic acids is 1. The lowest BCUT2D eigenvalue weighted by Crippen LogP contribution is -2.32. The molecule has 2 N–H and O–H groups in total. The maximum Gasteiger partial charge on any atom is 0.319 e. The summed E-state index contributed by atoms with van der Waals surface area (Å²) in [4.78, 5) is 12.9. The number of thiophene rings is 1. The first-order chi connectivity index (χ1) is 10.1. The first-order valence-corrected chi connectivity index (χ1v) is 7.68. The molecule has 0 aliphatic carbocycles. The van der Waals surface area contributed by atoms with Crippen LogP contribution in [-0.2, 0) is 4.74 Å². The number of anilines is 1. The van der Waals surface area contributed by atoms with Gasteiger partial charge in [-0.05, 0) is 30.7 Å². The van der Waals surface area contributed by atoms with Crippen LogP contribution in [0.25, 0.3) is 0 Å². The number of ether oxygens (including phenoxy) is 1. The minimum absolute atomic E-state index is 0.204.